The maximum Gasteiger partial charge on any atom is 0.210 e. The maximum absolute atomic E-state index is 12.5. The third-order valence-electron chi connectivity index (χ3n) is 2.30. The molecule has 0 fully saturated rings. The minimum atomic E-state index is -2.85. The Kier molecular flexibility index (Phi) is 6.21. The highest BCUT2D eigenvalue weighted by atomic mass is 35.5. The van der Waals surface area contributed by atoms with Crippen molar-refractivity contribution in [2.45, 2.75) is 19.2 Å². The van der Waals surface area contributed by atoms with Crippen molar-refractivity contribution >= 4 is 19.0 Å². The Morgan fingerprint density at radius 3 is 2.59 bits per heavy atom. The van der Waals surface area contributed by atoms with E-state index in [-0.39, 0.29) is 12.0 Å². The highest BCUT2D eigenvalue weighted by Crippen LogP contribution is 2.50. The molecule has 0 aliphatic heterocycles. The molecule has 96 valence electrons. The van der Waals surface area contributed by atoms with Gasteiger partial charge >= 0.3 is 0 Å². The lowest BCUT2D eigenvalue weighted by molar-refractivity contribution is 0.213. The molecule has 0 bridgehead atoms. The lowest BCUT2D eigenvalue weighted by Gasteiger charge is -2.20. The van der Waals surface area contributed by atoms with Gasteiger partial charge in [-0.05, 0) is 12.5 Å². The maximum atomic E-state index is 12.5. The second kappa shape index (κ2) is 7.17. The van der Waals surface area contributed by atoms with Gasteiger partial charge in [0.2, 0.25) is 7.37 Å². The number of halogens is 1. The molecule has 0 aromatic heterocycles. The predicted molar refractivity (Wildman–Crippen MR) is 71.0 cm³/mol. The molecule has 0 aliphatic rings. The van der Waals surface area contributed by atoms with Crippen molar-refractivity contribution < 1.29 is 14.2 Å². The Morgan fingerprint density at radius 1 is 1.41 bits per heavy atom. The summed E-state index contributed by atoms with van der Waals surface area (Å²) in [5, 5.41) is 9.51. The number of hydrogen-bond donors (Lipinski definition) is 1. The number of aliphatic hydroxyl groups is 1. The quantitative estimate of drug-likeness (QED) is 0.615. The van der Waals surface area contributed by atoms with E-state index in [9.17, 15) is 9.67 Å². The van der Waals surface area contributed by atoms with Crippen LogP contribution in [0.5, 0.6) is 0 Å². The Hall–Kier alpha value is -0.340. The molecule has 0 aliphatic carbocycles. The normalized spacial score (nSPS) is 16.4. The molecule has 0 spiro atoms. The number of aliphatic hydroxyl groups excluding tert-OH is 1. The Morgan fingerprint density at radius 2 is 2.06 bits per heavy atom. The van der Waals surface area contributed by atoms with E-state index in [0.717, 1.165) is 5.56 Å². The fraction of sp³-hybridized carbons (Fsp3) is 0.500. The molecule has 0 radical (unpaired) electrons. The third-order valence-corrected chi connectivity index (χ3v) is 5.21. The van der Waals surface area contributed by atoms with Crippen LogP contribution in [0.2, 0.25) is 0 Å². The number of rotatable bonds is 7. The first-order valence-corrected chi connectivity index (χ1v) is 8.13. The first-order valence-electron chi connectivity index (χ1n) is 5.60. The molecule has 17 heavy (non-hydrogen) atoms. The summed E-state index contributed by atoms with van der Waals surface area (Å²) < 4.78 is 17.9. The van der Waals surface area contributed by atoms with Crippen molar-refractivity contribution in [1.29, 1.82) is 0 Å². The van der Waals surface area contributed by atoms with E-state index in [1.54, 1.807) is 6.92 Å². The minimum absolute atomic E-state index is 0.0753. The first kappa shape index (κ1) is 14.7. The molecule has 1 N–H and O–H groups in total. The van der Waals surface area contributed by atoms with Crippen molar-refractivity contribution in [1.82, 2.24) is 0 Å². The summed E-state index contributed by atoms with van der Waals surface area (Å²) >= 11 is 5.53. The van der Waals surface area contributed by atoms with Crippen molar-refractivity contribution in [3.8, 4) is 0 Å². The standard InChI is InChI=1S/C12H18ClO3P/c1-2-16-17(15,10-12(14)8-13)9-11-6-4-3-5-7-11/h3-7,12,14H,2,8-10H2,1H3/t12-,17?/m0/s1. The molecule has 0 amide bonds. The third kappa shape index (κ3) is 5.22. The fourth-order valence-electron chi connectivity index (χ4n) is 1.63. The molecule has 1 aromatic rings. The molecule has 0 heterocycles. The molecule has 0 saturated heterocycles. The summed E-state index contributed by atoms with van der Waals surface area (Å²) in [6.07, 6.45) is -0.327. The van der Waals surface area contributed by atoms with Crippen molar-refractivity contribution in [2.24, 2.45) is 0 Å². The van der Waals surface area contributed by atoms with Gasteiger partial charge in [-0.1, -0.05) is 30.3 Å². The van der Waals surface area contributed by atoms with Crippen LogP contribution < -0.4 is 0 Å². The van der Waals surface area contributed by atoms with Gasteiger partial charge in [-0.2, -0.15) is 0 Å². The molecule has 2 atom stereocenters. The summed E-state index contributed by atoms with van der Waals surface area (Å²) in [4.78, 5) is 0. The smallest absolute Gasteiger partial charge is 0.210 e. The number of hydrogen-bond acceptors (Lipinski definition) is 3. The van der Waals surface area contributed by atoms with Gasteiger partial charge in [0.1, 0.15) is 0 Å². The zero-order valence-corrected chi connectivity index (χ0v) is 11.5. The Labute approximate surface area is 107 Å². The van der Waals surface area contributed by atoms with Crippen LogP contribution in [0.4, 0.5) is 0 Å². The highest BCUT2D eigenvalue weighted by Gasteiger charge is 2.26. The van der Waals surface area contributed by atoms with E-state index >= 15 is 0 Å². The van der Waals surface area contributed by atoms with E-state index in [0.29, 0.717) is 12.8 Å². The van der Waals surface area contributed by atoms with Gasteiger partial charge < -0.3 is 9.63 Å². The van der Waals surface area contributed by atoms with Crippen LogP contribution in [0.1, 0.15) is 12.5 Å². The average molecular weight is 277 g/mol. The van der Waals surface area contributed by atoms with Crippen LogP contribution in [0, 0.1) is 0 Å². The van der Waals surface area contributed by atoms with Crippen LogP contribution in [0.15, 0.2) is 30.3 Å². The molecular weight excluding hydrogens is 259 g/mol. The summed E-state index contributed by atoms with van der Waals surface area (Å²) in [5.74, 6) is 0.0753. The van der Waals surface area contributed by atoms with E-state index in [1.807, 2.05) is 30.3 Å². The largest absolute Gasteiger partial charge is 0.391 e. The van der Waals surface area contributed by atoms with Gasteiger partial charge in [0, 0.05) is 12.0 Å². The minimum Gasteiger partial charge on any atom is -0.391 e. The first-order chi connectivity index (χ1) is 8.09. The molecule has 1 unspecified atom stereocenters. The van der Waals surface area contributed by atoms with Gasteiger partial charge in [-0.3, -0.25) is 4.57 Å². The zero-order chi connectivity index (χ0) is 12.7. The van der Waals surface area contributed by atoms with Crippen molar-refractivity contribution in [3.63, 3.8) is 0 Å². The van der Waals surface area contributed by atoms with Gasteiger partial charge in [-0.25, -0.2) is 0 Å². The lowest BCUT2D eigenvalue weighted by atomic mass is 10.2. The topological polar surface area (TPSA) is 46.5 Å². The second-order valence-electron chi connectivity index (χ2n) is 3.87. The predicted octanol–water partition coefficient (Wildman–Crippen LogP) is 3.10. The van der Waals surface area contributed by atoms with Crippen LogP contribution in [0.3, 0.4) is 0 Å². The van der Waals surface area contributed by atoms with Crippen LogP contribution in [-0.2, 0) is 15.3 Å². The fourth-order valence-corrected chi connectivity index (χ4v) is 4.23. The van der Waals surface area contributed by atoms with Crippen LogP contribution >= 0.6 is 19.0 Å². The zero-order valence-electron chi connectivity index (χ0n) is 9.88. The van der Waals surface area contributed by atoms with Crippen molar-refractivity contribution in [3.05, 3.63) is 35.9 Å². The lowest BCUT2D eigenvalue weighted by Crippen LogP contribution is -2.16. The van der Waals surface area contributed by atoms with E-state index in [4.69, 9.17) is 16.1 Å². The van der Waals surface area contributed by atoms with E-state index < -0.39 is 13.5 Å². The van der Waals surface area contributed by atoms with Gasteiger partial charge in [0.15, 0.2) is 0 Å². The van der Waals surface area contributed by atoms with Crippen LogP contribution in [-0.4, -0.2) is 29.9 Å². The van der Waals surface area contributed by atoms with Gasteiger partial charge in [0.05, 0.1) is 18.9 Å². The molecule has 1 aromatic carbocycles. The molecule has 0 saturated carbocycles. The highest BCUT2D eigenvalue weighted by molar-refractivity contribution is 7.58. The monoisotopic (exact) mass is 276 g/mol. The number of alkyl halides is 1. The Bertz CT molecular complexity index is 369. The summed E-state index contributed by atoms with van der Waals surface area (Å²) in [5.41, 5.74) is 0.950. The molecule has 1 rings (SSSR count). The average Bonchev–Trinajstić information content (AvgIpc) is 2.30. The second-order valence-corrected chi connectivity index (χ2v) is 6.74. The van der Waals surface area contributed by atoms with Crippen molar-refractivity contribution in [2.75, 3.05) is 18.6 Å². The molecule has 5 heteroatoms. The van der Waals surface area contributed by atoms with E-state index in [1.165, 1.54) is 0 Å². The van der Waals surface area contributed by atoms with Crippen LogP contribution in [0.25, 0.3) is 0 Å². The van der Waals surface area contributed by atoms with Gasteiger partial charge in [-0.15, -0.1) is 11.6 Å². The summed E-state index contributed by atoms with van der Waals surface area (Å²) in [6.45, 7) is 2.17. The number of benzene rings is 1. The summed E-state index contributed by atoms with van der Waals surface area (Å²) in [6, 6.07) is 9.49. The molecular formula is C12H18ClO3P. The van der Waals surface area contributed by atoms with Gasteiger partial charge in [0.25, 0.3) is 0 Å². The Balaban J connectivity index is 2.74. The summed E-state index contributed by atoms with van der Waals surface area (Å²) in [7, 11) is -2.85. The molecule has 3 nitrogen and oxygen atoms in total. The van der Waals surface area contributed by atoms with E-state index in [2.05, 4.69) is 0 Å². The SMILES string of the molecule is CCOP(=O)(Cc1ccccc1)C[C@@H](O)CCl.